The molecule has 1 aliphatic rings. The van der Waals surface area contributed by atoms with E-state index in [9.17, 15) is 4.39 Å². The van der Waals surface area contributed by atoms with Crippen LogP contribution >= 0.6 is 11.6 Å². The van der Waals surface area contributed by atoms with Crippen molar-refractivity contribution < 1.29 is 4.39 Å². The minimum atomic E-state index is -0.176. The van der Waals surface area contributed by atoms with E-state index >= 15 is 0 Å². The van der Waals surface area contributed by atoms with Crippen LogP contribution in [0.1, 0.15) is 33.3 Å². The van der Waals surface area contributed by atoms with E-state index in [1.165, 1.54) is 6.07 Å². The minimum absolute atomic E-state index is 0.0140. The first-order valence-corrected chi connectivity index (χ1v) is 7.60. The van der Waals surface area contributed by atoms with Gasteiger partial charge in [0.15, 0.2) is 0 Å². The molecule has 1 aliphatic heterocycles. The Hall–Kier alpha value is -0.640. The molecule has 1 aromatic carbocycles. The summed E-state index contributed by atoms with van der Waals surface area (Å²) < 4.78 is 13.9. The molecular weight excluding hydrogens is 275 g/mol. The SMILES string of the molecule is CC(C)C1CN(Cc2cc(Cl)ccc2F)C(C)(C)CN1. The molecule has 2 rings (SSSR count). The zero-order chi connectivity index (χ0) is 14.9. The first kappa shape index (κ1) is 15.7. The molecule has 0 spiro atoms. The van der Waals surface area contributed by atoms with Crippen molar-refractivity contribution in [2.75, 3.05) is 13.1 Å². The zero-order valence-electron chi connectivity index (χ0n) is 12.7. The number of hydrogen-bond acceptors (Lipinski definition) is 2. The average Bonchev–Trinajstić information content (AvgIpc) is 2.35. The van der Waals surface area contributed by atoms with Crippen molar-refractivity contribution >= 4 is 11.6 Å². The molecular formula is C16H24ClFN2. The van der Waals surface area contributed by atoms with Crippen LogP contribution < -0.4 is 5.32 Å². The third kappa shape index (κ3) is 3.51. The molecule has 0 aromatic heterocycles. The van der Waals surface area contributed by atoms with Gasteiger partial charge in [0.2, 0.25) is 0 Å². The Balaban J connectivity index is 2.18. The van der Waals surface area contributed by atoms with E-state index in [1.807, 2.05) is 0 Å². The molecule has 1 saturated heterocycles. The Morgan fingerprint density at radius 2 is 2.15 bits per heavy atom. The lowest BCUT2D eigenvalue weighted by Gasteiger charge is -2.47. The fourth-order valence-electron chi connectivity index (χ4n) is 2.64. The summed E-state index contributed by atoms with van der Waals surface area (Å²) in [5.74, 6) is 0.391. The number of halogens is 2. The van der Waals surface area contributed by atoms with Crippen LogP contribution in [0.5, 0.6) is 0 Å². The van der Waals surface area contributed by atoms with Crippen LogP contribution in [-0.2, 0) is 6.54 Å². The summed E-state index contributed by atoms with van der Waals surface area (Å²) in [6, 6.07) is 5.23. The summed E-state index contributed by atoms with van der Waals surface area (Å²) in [5.41, 5.74) is 0.690. The maximum atomic E-state index is 13.9. The third-order valence-electron chi connectivity index (χ3n) is 4.24. The molecule has 1 aromatic rings. The lowest BCUT2D eigenvalue weighted by atomic mass is 9.92. The van der Waals surface area contributed by atoms with E-state index in [2.05, 4.69) is 37.9 Å². The molecule has 1 heterocycles. The van der Waals surface area contributed by atoms with Gasteiger partial charge in [-0.15, -0.1) is 0 Å². The van der Waals surface area contributed by atoms with Crippen molar-refractivity contribution in [3.05, 3.63) is 34.6 Å². The third-order valence-corrected chi connectivity index (χ3v) is 4.48. The highest BCUT2D eigenvalue weighted by molar-refractivity contribution is 6.30. The van der Waals surface area contributed by atoms with Gasteiger partial charge in [-0.05, 0) is 38.0 Å². The van der Waals surface area contributed by atoms with Gasteiger partial charge in [-0.1, -0.05) is 25.4 Å². The van der Waals surface area contributed by atoms with Crippen molar-refractivity contribution in [1.29, 1.82) is 0 Å². The summed E-state index contributed by atoms with van der Waals surface area (Å²) in [4.78, 5) is 2.35. The van der Waals surface area contributed by atoms with Crippen molar-refractivity contribution in [3.63, 3.8) is 0 Å². The second-order valence-corrected chi connectivity index (χ2v) is 7.10. The second kappa shape index (κ2) is 6.00. The highest BCUT2D eigenvalue weighted by Gasteiger charge is 2.35. The van der Waals surface area contributed by atoms with Gasteiger partial charge in [0, 0.05) is 41.8 Å². The summed E-state index contributed by atoms with van der Waals surface area (Å²) in [6.07, 6.45) is 0. The van der Waals surface area contributed by atoms with E-state index in [0.29, 0.717) is 29.1 Å². The van der Waals surface area contributed by atoms with Crippen LogP contribution in [-0.4, -0.2) is 29.6 Å². The molecule has 1 N–H and O–H groups in total. The van der Waals surface area contributed by atoms with Gasteiger partial charge in [-0.25, -0.2) is 4.39 Å². The fraction of sp³-hybridized carbons (Fsp3) is 0.625. The molecule has 2 nitrogen and oxygen atoms in total. The molecule has 4 heteroatoms. The topological polar surface area (TPSA) is 15.3 Å². The summed E-state index contributed by atoms with van der Waals surface area (Å²) in [5, 5.41) is 4.18. The summed E-state index contributed by atoms with van der Waals surface area (Å²) in [7, 11) is 0. The number of hydrogen-bond donors (Lipinski definition) is 1. The highest BCUT2D eigenvalue weighted by Crippen LogP contribution is 2.25. The van der Waals surface area contributed by atoms with Crippen molar-refractivity contribution in [2.24, 2.45) is 5.92 Å². The largest absolute Gasteiger partial charge is 0.311 e. The van der Waals surface area contributed by atoms with Gasteiger partial charge in [0.05, 0.1) is 0 Å². The molecule has 20 heavy (non-hydrogen) atoms. The van der Waals surface area contributed by atoms with E-state index in [4.69, 9.17) is 11.6 Å². The monoisotopic (exact) mass is 298 g/mol. The van der Waals surface area contributed by atoms with Crippen molar-refractivity contribution in [2.45, 2.75) is 45.8 Å². The molecule has 0 bridgehead atoms. The average molecular weight is 299 g/mol. The molecule has 0 saturated carbocycles. The lowest BCUT2D eigenvalue weighted by Crippen LogP contribution is -2.62. The predicted molar refractivity (Wildman–Crippen MR) is 82.5 cm³/mol. The molecule has 1 unspecified atom stereocenters. The number of rotatable bonds is 3. The Kier molecular flexibility index (Phi) is 4.73. The lowest BCUT2D eigenvalue weighted by molar-refractivity contribution is 0.0466. The van der Waals surface area contributed by atoms with Crippen LogP contribution in [0.15, 0.2) is 18.2 Å². The van der Waals surface area contributed by atoms with Gasteiger partial charge in [0.1, 0.15) is 5.82 Å². The van der Waals surface area contributed by atoms with Gasteiger partial charge in [0.25, 0.3) is 0 Å². The molecule has 112 valence electrons. The smallest absolute Gasteiger partial charge is 0.127 e. The van der Waals surface area contributed by atoms with Crippen LogP contribution in [0.25, 0.3) is 0 Å². The quantitative estimate of drug-likeness (QED) is 0.915. The van der Waals surface area contributed by atoms with Gasteiger partial charge >= 0.3 is 0 Å². The molecule has 1 fully saturated rings. The van der Waals surface area contributed by atoms with Crippen molar-refractivity contribution in [3.8, 4) is 0 Å². The van der Waals surface area contributed by atoms with Gasteiger partial charge in [-0.3, -0.25) is 4.90 Å². The van der Waals surface area contributed by atoms with Gasteiger partial charge < -0.3 is 5.32 Å². The summed E-state index contributed by atoms with van der Waals surface area (Å²) >= 11 is 5.99. The second-order valence-electron chi connectivity index (χ2n) is 6.66. The molecule has 1 atom stereocenters. The number of nitrogens with one attached hydrogen (secondary N) is 1. The standard InChI is InChI=1S/C16H24ClFN2/c1-11(2)15-9-20(16(3,4)10-19-15)8-12-7-13(17)5-6-14(12)18/h5-7,11,15,19H,8-10H2,1-4H3. The Bertz CT molecular complexity index is 474. The first-order chi connectivity index (χ1) is 9.29. The van der Waals surface area contributed by atoms with Gasteiger partial charge in [-0.2, -0.15) is 0 Å². The van der Waals surface area contributed by atoms with Crippen molar-refractivity contribution in [1.82, 2.24) is 10.2 Å². The Morgan fingerprint density at radius 1 is 1.45 bits per heavy atom. The van der Waals surface area contributed by atoms with Crippen LogP contribution in [0.2, 0.25) is 5.02 Å². The van der Waals surface area contributed by atoms with E-state index in [1.54, 1.807) is 12.1 Å². The predicted octanol–water partition coefficient (Wildman–Crippen LogP) is 3.69. The maximum absolute atomic E-state index is 13.9. The van der Waals surface area contributed by atoms with E-state index < -0.39 is 0 Å². The van der Waals surface area contributed by atoms with Crippen LogP contribution in [0, 0.1) is 11.7 Å². The van der Waals surface area contributed by atoms with E-state index in [0.717, 1.165) is 13.1 Å². The Morgan fingerprint density at radius 3 is 2.80 bits per heavy atom. The first-order valence-electron chi connectivity index (χ1n) is 7.22. The summed E-state index contributed by atoms with van der Waals surface area (Å²) in [6.45, 7) is 11.3. The number of piperazine rings is 1. The number of nitrogens with zero attached hydrogens (tertiary/aromatic N) is 1. The number of benzene rings is 1. The maximum Gasteiger partial charge on any atom is 0.127 e. The molecule has 0 radical (unpaired) electrons. The van der Waals surface area contributed by atoms with Crippen LogP contribution in [0.3, 0.4) is 0 Å². The molecule has 0 aliphatic carbocycles. The van der Waals surface area contributed by atoms with Crippen LogP contribution in [0.4, 0.5) is 4.39 Å². The highest BCUT2D eigenvalue weighted by atomic mass is 35.5. The van der Waals surface area contributed by atoms with E-state index in [-0.39, 0.29) is 11.4 Å². The minimum Gasteiger partial charge on any atom is -0.311 e. The normalized spacial score (nSPS) is 23.2. The zero-order valence-corrected chi connectivity index (χ0v) is 13.5. The Labute approximate surface area is 126 Å². The molecule has 0 amide bonds. The fourth-order valence-corrected chi connectivity index (χ4v) is 2.83.